The molecular formula is C19H21ClN2O2S. The first-order valence-corrected chi connectivity index (χ1v) is 9.21. The van der Waals surface area contributed by atoms with Crippen LogP contribution in [0.25, 0.3) is 0 Å². The third-order valence-corrected chi connectivity index (χ3v) is 4.50. The summed E-state index contributed by atoms with van der Waals surface area (Å²) in [6, 6.07) is 14.9. The van der Waals surface area contributed by atoms with E-state index >= 15 is 0 Å². The summed E-state index contributed by atoms with van der Waals surface area (Å²) in [5, 5.41) is 4.42. The fraction of sp³-hybridized carbons (Fsp3) is 0.263. The minimum atomic E-state index is -0.264. The Labute approximate surface area is 157 Å². The molecule has 0 heterocycles. The van der Waals surface area contributed by atoms with Crippen LogP contribution in [-0.2, 0) is 4.79 Å². The molecule has 0 radical (unpaired) electrons. The number of hydrogen-bond acceptors (Lipinski definition) is 4. The lowest BCUT2D eigenvalue weighted by Crippen LogP contribution is -2.26. The number of nitrogens with zero attached hydrogens (tertiary/aromatic N) is 1. The Morgan fingerprint density at radius 2 is 1.76 bits per heavy atom. The molecule has 2 aromatic rings. The van der Waals surface area contributed by atoms with Gasteiger partial charge in [0.1, 0.15) is 5.75 Å². The van der Waals surface area contributed by atoms with Gasteiger partial charge in [-0.05, 0) is 74.9 Å². The summed E-state index contributed by atoms with van der Waals surface area (Å²) in [5.41, 5.74) is 3.45. The molecule has 1 atom stereocenters. The Morgan fingerprint density at radius 1 is 1.12 bits per heavy atom. The molecule has 2 rings (SSSR count). The lowest BCUT2D eigenvalue weighted by atomic mass is 10.2. The molecule has 0 bridgehead atoms. The van der Waals surface area contributed by atoms with Crippen molar-refractivity contribution in [3.63, 3.8) is 0 Å². The third-order valence-electron chi connectivity index (χ3n) is 3.14. The minimum absolute atomic E-state index is 0.137. The zero-order valence-electron chi connectivity index (χ0n) is 14.4. The Bertz CT molecular complexity index is 715. The molecule has 2 aromatic carbocycles. The molecule has 0 spiro atoms. The molecule has 0 aromatic heterocycles. The molecule has 0 aliphatic heterocycles. The molecule has 132 valence electrons. The Hall–Kier alpha value is -1.98. The average Bonchev–Trinajstić information content (AvgIpc) is 2.58. The van der Waals surface area contributed by atoms with Gasteiger partial charge in [0.25, 0.3) is 5.91 Å². The van der Waals surface area contributed by atoms with Gasteiger partial charge in [-0.15, -0.1) is 11.8 Å². The van der Waals surface area contributed by atoms with Crippen LogP contribution in [0, 0.1) is 0 Å². The molecular weight excluding hydrogens is 356 g/mol. The quantitative estimate of drug-likeness (QED) is 0.430. The van der Waals surface area contributed by atoms with Crippen molar-refractivity contribution in [2.75, 3.05) is 0 Å². The summed E-state index contributed by atoms with van der Waals surface area (Å²) in [4.78, 5) is 13.1. The standard InChI is InChI=1S/C19H21ClN2O2S/c1-13(2)24-17-8-4-15(5-9-17)12-21-22-19(23)14(3)25-18-10-6-16(20)7-11-18/h4-14H,1-3H3,(H,22,23)/b21-12+. The summed E-state index contributed by atoms with van der Waals surface area (Å²) in [5.74, 6) is 0.653. The highest BCUT2D eigenvalue weighted by Gasteiger charge is 2.13. The molecule has 0 aliphatic rings. The van der Waals surface area contributed by atoms with Crippen LogP contribution in [0.5, 0.6) is 5.75 Å². The van der Waals surface area contributed by atoms with Crippen LogP contribution in [0.4, 0.5) is 0 Å². The van der Waals surface area contributed by atoms with E-state index in [4.69, 9.17) is 16.3 Å². The second-order valence-corrected chi connectivity index (χ2v) is 7.53. The topological polar surface area (TPSA) is 50.7 Å². The Morgan fingerprint density at radius 3 is 2.36 bits per heavy atom. The highest BCUT2D eigenvalue weighted by molar-refractivity contribution is 8.00. The van der Waals surface area contributed by atoms with Gasteiger partial charge in [-0.2, -0.15) is 5.10 Å². The number of ether oxygens (including phenoxy) is 1. The summed E-state index contributed by atoms with van der Waals surface area (Å²) < 4.78 is 5.58. The molecule has 25 heavy (non-hydrogen) atoms. The van der Waals surface area contributed by atoms with Crippen LogP contribution in [0.2, 0.25) is 5.02 Å². The van der Waals surface area contributed by atoms with Crippen LogP contribution in [0.1, 0.15) is 26.3 Å². The first-order chi connectivity index (χ1) is 11.9. The van der Waals surface area contributed by atoms with E-state index in [-0.39, 0.29) is 17.3 Å². The predicted octanol–water partition coefficient (Wildman–Crippen LogP) is 4.76. The summed E-state index contributed by atoms with van der Waals surface area (Å²) in [6.07, 6.45) is 1.75. The minimum Gasteiger partial charge on any atom is -0.491 e. The largest absolute Gasteiger partial charge is 0.491 e. The predicted molar refractivity (Wildman–Crippen MR) is 105 cm³/mol. The van der Waals surface area contributed by atoms with Crippen molar-refractivity contribution in [1.29, 1.82) is 0 Å². The van der Waals surface area contributed by atoms with E-state index in [2.05, 4.69) is 10.5 Å². The molecule has 0 saturated carbocycles. The fourth-order valence-corrected chi connectivity index (χ4v) is 2.92. The third kappa shape index (κ3) is 6.80. The Balaban J connectivity index is 1.83. The van der Waals surface area contributed by atoms with Gasteiger partial charge in [-0.1, -0.05) is 11.6 Å². The first-order valence-electron chi connectivity index (χ1n) is 7.96. The van der Waals surface area contributed by atoms with Crippen molar-refractivity contribution < 1.29 is 9.53 Å². The van der Waals surface area contributed by atoms with Gasteiger partial charge in [-0.25, -0.2) is 5.43 Å². The van der Waals surface area contributed by atoms with E-state index in [1.165, 1.54) is 11.8 Å². The van der Waals surface area contributed by atoms with Crippen LogP contribution >= 0.6 is 23.4 Å². The van der Waals surface area contributed by atoms with Crippen molar-refractivity contribution >= 4 is 35.5 Å². The van der Waals surface area contributed by atoms with E-state index in [0.717, 1.165) is 16.2 Å². The number of benzene rings is 2. The number of carbonyl (C=O) groups is 1. The number of halogens is 1. The molecule has 1 amide bonds. The fourth-order valence-electron chi connectivity index (χ4n) is 1.94. The van der Waals surface area contributed by atoms with Crippen molar-refractivity contribution in [1.82, 2.24) is 5.43 Å². The lowest BCUT2D eigenvalue weighted by Gasteiger charge is -2.10. The second-order valence-electron chi connectivity index (χ2n) is 5.68. The number of amides is 1. The maximum atomic E-state index is 12.1. The van der Waals surface area contributed by atoms with E-state index in [9.17, 15) is 4.79 Å². The molecule has 0 fully saturated rings. The lowest BCUT2D eigenvalue weighted by molar-refractivity contribution is -0.120. The molecule has 6 heteroatoms. The van der Waals surface area contributed by atoms with Crippen molar-refractivity contribution in [3.05, 3.63) is 59.1 Å². The number of nitrogens with one attached hydrogen (secondary N) is 1. The van der Waals surface area contributed by atoms with Gasteiger partial charge in [0.05, 0.1) is 17.6 Å². The van der Waals surface area contributed by atoms with E-state index in [0.29, 0.717) is 5.02 Å². The SMILES string of the molecule is CC(C)Oc1ccc(/C=N/NC(=O)C(C)Sc2ccc(Cl)cc2)cc1. The maximum Gasteiger partial charge on any atom is 0.253 e. The Kier molecular flexibility index (Phi) is 7.34. The molecule has 0 aliphatic carbocycles. The maximum absolute atomic E-state index is 12.1. The average molecular weight is 377 g/mol. The number of hydrazone groups is 1. The summed E-state index contributed by atoms with van der Waals surface area (Å²) in [6.45, 7) is 5.80. The molecule has 0 saturated heterocycles. The summed E-state index contributed by atoms with van der Waals surface area (Å²) in [7, 11) is 0. The zero-order chi connectivity index (χ0) is 18.2. The van der Waals surface area contributed by atoms with Gasteiger partial charge in [0.2, 0.25) is 0 Å². The van der Waals surface area contributed by atoms with Crippen molar-refractivity contribution in [3.8, 4) is 5.75 Å². The highest BCUT2D eigenvalue weighted by Crippen LogP contribution is 2.24. The number of hydrogen-bond donors (Lipinski definition) is 1. The number of thioether (sulfide) groups is 1. The van der Waals surface area contributed by atoms with Crippen LogP contribution < -0.4 is 10.2 Å². The van der Waals surface area contributed by atoms with Crippen LogP contribution in [0.15, 0.2) is 58.5 Å². The highest BCUT2D eigenvalue weighted by atomic mass is 35.5. The molecule has 1 N–H and O–H groups in total. The van der Waals surface area contributed by atoms with Crippen LogP contribution in [-0.4, -0.2) is 23.5 Å². The molecule has 1 unspecified atom stereocenters. The zero-order valence-corrected chi connectivity index (χ0v) is 16.0. The monoisotopic (exact) mass is 376 g/mol. The number of rotatable bonds is 7. The van der Waals surface area contributed by atoms with E-state index in [1.807, 2.05) is 57.2 Å². The first kappa shape index (κ1) is 19.3. The van der Waals surface area contributed by atoms with Gasteiger partial charge in [0.15, 0.2) is 0 Å². The normalized spacial score (nSPS) is 12.4. The number of carbonyl (C=O) groups excluding carboxylic acids is 1. The van der Waals surface area contributed by atoms with Gasteiger partial charge >= 0.3 is 0 Å². The van der Waals surface area contributed by atoms with Gasteiger partial charge in [-0.3, -0.25) is 4.79 Å². The van der Waals surface area contributed by atoms with E-state index in [1.54, 1.807) is 18.3 Å². The van der Waals surface area contributed by atoms with E-state index < -0.39 is 0 Å². The van der Waals surface area contributed by atoms with Crippen LogP contribution in [0.3, 0.4) is 0 Å². The smallest absolute Gasteiger partial charge is 0.253 e. The van der Waals surface area contributed by atoms with Gasteiger partial charge in [0, 0.05) is 9.92 Å². The van der Waals surface area contributed by atoms with Crippen molar-refractivity contribution in [2.24, 2.45) is 5.10 Å². The molecule has 4 nitrogen and oxygen atoms in total. The summed E-state index contributed by atoms with van der Waals surface area (Å²) >= 11 is 7.31. The second kappa shape index (κ2) is 9.49. The van der Waals surface area contributed by atoms with Gasteiger partial charge < -0.3 is 4.74 Å². The van der Waals surface area contributed by atoms with Crippen molar-refractivity contribution in [2.45, 2.75) is 37.0 Å².